The molecule has 3 heterocycles. The summed E-state index contributed by atoms with van der Waals surface area (Å²) in [5.41, 5.74) is 4.13. The van der Waals surface area contributed by atoms with Gasteiger partial charge in [0.15, 0.2) is 11.0 Å². The Bertz CT molecular complexity index is 1620. The number of ether oxygens (including phenoxy) is 4. The first-order chi connectivity index (χ1) is 23.9. The van der Waals surface area contributed by atoms with Crippen molar-refractivity contribution in [3.05, 3.63) is 76.3 Å². The third kappa shape index (κ3) is 9.48. The Morgan fingerprint density at radius 3 is 2.67 bits per heavy atom. The summed E-state index contributed by atoms with van der Waals surface area (Å²) in [5.74, 6) is 2.14. The molecule has 3 aromatic carbocycles. The van der Waals surface area contributed by atoms with E-state index in [-0.39, 0.29) is 18.2 Å². The van der Waals surface area contributed by atoms with Crippen LogP contribution in [0, 0.1) is 5.92 Å². The number of aryl methyl sites for hydroxylation is 1. The molecule has 1 amide bonds. The lowest BCUT2D eigenvalue weighted by molar-refractivity contribution is -0.118. The van der Waals surface area contributed by atoms with Crippen molar-refractivity contribution < 1.29 is 28.0 Å². The summed E-state index contributed by atoms with van der Waals surface area (Å²) in [6.07, 6.45) is 3.86. The van der Waals surface area contributed by atoms with Gasteiger partial charge in [-0.2, -0.15) is 0 Å². The third-order valence-electron chi connectivity index (χ3n) is 9.59. The quantitative estimate of drug-likeness (QED) is 0.297. The molecule has 3 aliphatic rings. The van der Waals surface area contributed by atoms with E-state index in [1.807, 2.05) is 36.4 Å². The van der Waals surface area contributed by atoms with Crippen LogP contribution in [0.1, 0.15) is 55.7 Å². The van der Waals surface area contributed by atoms with Gasteiger partial charge in [-0.3, -0.25) is 14.4 Å². The van der Waals surface area contributed by atoms with Gasteiger partial charge in [0.1, 0.15) is 23.9 Å². The van der Waals surface area contributed by atoms with Crippen LogP contribution in [0.5, 0.6) is 17.2 Å². The van der Waals surface area contributed by atoms with Crippen LogP contribution in [-0.2, 0) is 33.4 Å². The van der Waals surface area contributed by atoms with Gasteiger partial charge >= 0.3 is 0 Å². The number of hydrogen-bond acceptors (Lipinski definition) is 8. The third-order valence-corrected chi connectivity index (χ3v) is 10.9. The number of halogens is 1. The minimum Gasteiger partial charge on any atom is -0.493 e. The van der Waals surface area contributed by atoms with Crippen LogP contribution < -0.4 is 23.8 Å². The Kier molecular flexibility index (Phi) is 12.4. The zero-order valence-corrected chi connectivity index (χ0v) is 30.2. The van der Waals surface area contributed by atoms with E-state index in [2.05, 4.69) is 40.5 Å². The number of benzene rings is 3. The molecular formula is C38H48ClN3O6S. The molecule has 0 spiro atoms. The summed E-state index contributed by atoms with van der Waals surface area (Å²) in [6.45, 7) is 11.5. The summed E-state index contributed by atoms with van der Waals surface area (Å²) in [4.78, 5) is 18.4. The second kappa shape index (κ2) is 17.1. The van der Waals surface area contributed by atoms with Crippen molar-refractivity contribution in [3.63, 3.8) is 0 Å². The molecule has 9 nitrogen and oxygen atoms in total. The fraction of sp³-hybridized carbons (Fsp3) is 0.500. The fourth-order valence-corrected chi connectivity index (χ4v) is 7.81. The van der Waals surface area contributed by atoms with Crippen molar-refractivity contribution in [1.29, 1.82) is 0 Å². The minimum absolute atomic E-state index is 0.0447. The second-order valence-electron chi connectivity index (χ2n) is 13.1. The van der Waals surface area contributed by atoms with Crippen LogP contribution in [0.2, 0.25) is 5.02 Å². The van der Waals surface area contributed by atoms with Gasteiger partial charge in [0, 0.05) is 49.7 Å². The molecule has 0 aromatic heterocycles. The summed E-state index contributed by atoms with van der Waals surface area (Å²) in [5, 5.41) is 0.743. The number of rotatable bonds is 8. The first kappa shape index (κ1) is 35.5. The van der Waals surface area contributed by atoms with E-state index >= 15 is 0 Å². The Hall–Kier alpha value is -3.31. The predicted octanol–water partition coefficient (Wildman–Crippen LogP) is 6.18. The number of morpholine rings is 1. The molecule has 0 saturated carbocycles. The van der Waals surface area contributed by atoms with Gasteiger partial charge in [-0.1, -0.05) is 37.9 Å². The van der Waals surface area contributed by atoms with Gasteiger partial charge in [-0.15, -0.1) is 0 Å². The Morgan fingerprint density at radius 1 is 1.00 bits per heavy atom. The molecule has 3 aromatic rings. The maximum absolute atomic E-state index is 13.6. The summed E-state index contributed by atoms with van der Waals surface area (Å²) >= 11 is 6.42. The van der Waals surface area contributed by atoms with Crippen molar-refractivity contribution >= 4 is 34.2 Å². The average molecular weight is 710 g/mol. The van der Waals surface area contributed by atoms with Gasteiger partial charge in [-0.05, 0) is 84.3 Å². The average Bonchev–Trinajstić information content (AvgIpc) is 3.27. The molecule has 0 aliphatic carbocycles. The van der Waals surface area contributed by atoms with Crippen molar-refractivity contribution in [1.82, 2.24) is 9.62 Å². The van der Waals surface area contributed by atoms with Crippen LogP contribution in [0.4, 0.5) is 5.69 Å². The summed E-state index contributed by atoms with van der Waals surface area (Å²) in [7, 11) is -1.75. The zero-order chi connectivity index (χ0) is 34.2. The van der Waals surface area contributed by atoms with E-state index in [4.69, 9.17) is 30.5 Å². The molecular weight excluding hydrogens is 662 g/mol. The monoisotopic (exact) mass is 709 g/mol. The van der Waals surface area contributed by atoms with Gasteiger partial charge in [-0.25, -0.2) is 4.21 Å². The van der Waals surface area contributed by atoms with Crippen LogP contribution in [-0.4, -0.2) is 80.8 Å². The zero-order valence-electron chi connectivity index (χ0n) is 28.6. The highest BCUT2D eigenvalue weighted by atomic mass is 35.5. The lowest BCUT2D eigenvalue weighted by Crippen LogP contribution is -2.38. The molecule has 1 N–H and O–H groups in total. The van der Waals surface area contributed by atoms with Gasteiger partial charge in [0.2, 0.25) is 5.91 Å². The Balaban J connectivity index is 1.25. The number of nitrogens with one attached hydrogen (secondary N) is 1. The van der Waals surface area contributed by atoms with Gasteiger partial charge in [0.05, 0.1) is 43.4 Å². The Labute approximate surface area is 297 Å². The molecule has 6 rings (SSSR count). The number of carbonyl (C=O) groups excluding carboxylic acids is 1. The van der Waals surface area contributed by atoms with Crippen LogP contribution in [0.3, 0.4) is 0 Å². The lowest BCUT2D eigenvalue weighted by Gasteiger charge is -2.29. The molecule has 264 valence electrons. The molecule has 4 bridgehead atoms. The van der Waals surface area contributed by atoms with Gasteiger partial charge in [0.25, 0.3) is 0 Å². The van der Waals surface area contributed by atoms with E-state index in [1.54, 1.807) is 6.07 Å². The number of nitrogens with zero attached hydrogens (tertiary/aromatic N) is 2. The number of hydrogen-bond donors (Lipinski definition) is 1. The van der Waals surface area contributed by atoms with E-state index in [0.29, 0.717) is 42.1 Å². The van der Waals surface area contributed by atoms with Crippen LogP contribution >= 0.6 is 11.6 Å². The Morgan fingerprint density at radius 2 is 1.86 bits per heavy atom. The van der Waals surface area contributed by atoms with Crippen molar-refractivity contribution in [3.8, 4) is 17.2 Å². The summed E-state index contributed by atoms with van der Waals surface area (Å²) in [6, 6.07) is 17.4. The highest BCUT2D eigenvalue weighted by Gasteiger charge is 2.28. The van der Waals surface area contributed by atoms with E-state index in [1.165, 1.54) is 11.1 Å². The predicted molar refractivity (Wildman–Crippen MR) is 194 cm³/mol. The normalized spacial score (nSPS) is 22.0. The molecule has 49 heavy (non-hydrogen) atoms. The molecule has 0 radical (unpaired) electrons. The number of anilines is 1. The van der Waals surface area contributed by atoms with E-state index in [0.717, 1.165) is 93.6 Å². The van der Waals surface area contributed by atoms with Crippen LogP contribution in [0.25, 0.3) is 0 Å². The highest BCUT2D eigenvalue weighted by Crippen LogP contribution is 2.38. The minimum atomic E-state index is -1.75. The standard InChI is InChI=1S/C38H48ClN3O6S/c1-3-5-29-21-31(39)6-8-35(29)30-24-42-11-10-27(4-2)25-47-33-19-28(18-32(22-33)46-17-14-41-12-15-45-16-13-41)20-38(43)40-49(44)34-7-9-37(48-26-30)36(42)23-34/h6-9,18-19,21-23,27,30H,3-5,10-17,20,24-26H2,1-2H3,(H,40,43). The first-order valence-electron chi connectivity index (χ1n) is 17.6. The van der Waals surface area contributed by atoms with E-state index in [9.17, 15) is 9.00 Å². The summed E-state index contributed by atoms with van der Waals surface area (Å²) < 4.78 is 40.7. The fourth-order valence-electron chi connectivity index (χ4n) is 6.81. The molecule has 11 heteroatoms. The van der Waals surface area contributed by atoms with Gasteiger partial charge < -0.3 is 23.8 Å². The maximum atomic E-state index is 13.6. The number of carbonyl (C=O) groups is 1. The van der Waals surface area contributed by atoms with Crippen LogP contribution in [0.15, 0.2) is 59.5 Å². The number of amides is 1. The molecule has 1 fully saturated rings. The smallest absolute Gasteiger partial charge is 0.236 e. The molecule has 3 atom stereocenters. The van der Waals surface area contributed by atoms with Crippen molar-refractivity contribution in [2.45, 2.75) is 56.8 Å². The molecule has 3 unspecified atom stereocenters. The SMILES string of the molecule is CCCc1cc(Cl)ccc1C1COc2ccc3cc2N(CCC(CC)COc2cc(cc(OCCN4CCOCC4)c2)CC(=O)NS3=O)C1. The second-order valence-corrected chi connectivity index (χ2v) is 14.8. The molecule has 3 aliphatic heterocycles. The van der Waals surface area contributed by atoms with E-state index < -0.39 is 11.0 Å². The van der Waals surface area contributed by atoms with Crippen molar-refractivity contribution in [2.24, 2.45) is 5.92 Å². The topological polar surface area (TPSA) is 89.6 Å². The maximum Gasteiger partial charge on any atom is 0.236 e. The number of fused-ring (bicyclic) bond motifs is 3. The first-order valence-corrected chi connectivity index (χ1v) is 19.1. The lowest BCUT2D eigenvalue weighted by atomic mass is 9.92. The highest BCUT2D eigenvalue weighted by molar-refractivity contribution is 7.83. The largest absolute Gasteiger partial charge is 0.493 e. The van der Waals surface area contributed by atoms with Crippen molar-refractivity contribution in [2.75, 3.05) is 70.7 Å². The molecule has 1 saturated heterocycles.